The van der Waals surface area contributed by atoms with E-state index in [0.29, 0.717) is 17.7 Å². The number of benzene rings is 1. The molecule has 0 aliphatic carbocycles. The van der Waals surface area contributed by atoms with Crippen LogP contribution in [0.15, 0.2) is 48.0 Å². The van der Waals surface area contributed by atoms with Gasteiger partial charge in [0.15, 0.2) is 0 Å². The molecule has 0 radical (unpaired) electrons. The molecule has 0 saturated heterocycles. The molecule has 0 fully saturated rings. The predicted molar refractivity (Wildman–Crippen MR) is 105 cm³/mol. The molecule has 6 heteroatoms. The zero-order chi connectivity index (χ0) is 18.4. The summed E-state index contributed by atoms with van der Waals surface area (Å²) < 4.78 is 0. The van der Waals surface area contributed by atoms with Crippen molar-refractivity contribution in [2.75, 3.05) is 5.32 Å². The van der Waals surface area contributed by atoms with Crippen molar-refractivity contribution in [3.8, 4) is 17.3 Å². The van der Waals surface area contributed by atoms with E-state index >= 15 is 0 Å². The highest BCUT2D eigenvalue weighted by Gasteiger charge is 2.20. The fraction of sp³-hybridized carbons (Fsp3) is 0.300. The second kappa shape index (κ2) is 8.54. The lowest BCUT2D eigenvalue weighted by Gasteiger charge is -2.13. The van der Waals surface area contributed by atoms with Crippen molar-refractivity contribution < 1.29 is 0 Å². The van der Waals surface area contributed by atoms with Crippen molar-refractivity contribution in [3.05, 3.63) is 58.7 Å². The molecule has 2 unspecified atom stereocenters. The number of nitrogens with one attached hydrogen (secondary N) is 1. The van der Waals surface area contributed by atoms with Crippen LogP contribution in [0.3, 0.4) is 0 Å². The van der Waals surface area contributed by atoms with E-state index in [2.05, 4.69) is 40.2 Å². The Bertz CT molecular complexity index is 884. The summed E-state index contributed by atoms with van der Waals surface area (Å²) >= 11 is 1.49. The summed E-state index contributed by atoms with van der Waals surface area (Å²) in [5.74, 6) is 0.0611. The molecule has 0 spiro atoms. The standard InChI is InChI=1S/C20H21N5S/c1-3-7-14(2)23-20-22-11-10-17(25-20)16(12-21)19-24-18(13-26-19)15-8-5-4-6-9-15/h4-6,8-11,13-14,16H,3,7H2,1-2H3,(H,22,23,25). The van der Waals surface area contributed by atoms with E-state index in [1.54, 1.807) is 12.3 Å². The molecule has 2 atom stereocenters. The van der Waals surface area contributed by atoms with E-state index in [0.717, 1.165) is 29.1 Å². The number of rotatable bonds is 7. The Morgan fingerprint density at radius 3 is 2.73 bits per heavy atom. The maximum absolute atomic E-state index is 9.71. The first-order valence-corrected chi connectivity index (χ1v) is 9.59. The number of nitriles is 1. The number of aromatic nitrogens is 3. The molecule has 5 nitrogen and oxygen atoms in total. The van der Waals surface area contributed by atoms with Gasteiger partial charge in [-0.15, -0.1) is 11.3 Å². The summed E-state index contributed by atoms with van der Waals surface area (Å²) in [4.78, 5) is 13.5. The fourth-order valence-electron chi connectivity index (χ4n) is 2.74. The first-order chi connectivity index (χ1) is 12.7. The van der Waals surface area contributed by atoms with Crippen LogP contribution >= 0.6 is 11.3 Å². The summed E-state index contributed by atoms with van der Waals surface area (Å²) in [5, 5.41) is 15.7. The highest BCUT2D eigenvalue weighted by molar-refractivity contribution is 7.10. The van der Waals surface area contributed by atoms with Gasteiger partial charge in [0.1, 0.15) is 10.9 Å². The third-order valence-corrected chi connectivity index (χ3v) is 4.95. The lowest BCUT2D eigenvalue weighted by molar-refractivity contribution is 0.682. The van der Waals surface area contributed by atoms with Gasteiger partial charge in [-0.05, 0) is 19.4 Å². The summed E-state index contributed by atoms with van der Waals surface area (Å²) in [5.41, 5.74) is 2.60. The van der Waals surface area contributed by atoms with Crippen LogP contribution in [0, 0.1) is 11.3 Å². The van der Waals surface area contributed by atoms with Crippen LogP contribution in [0.2, 0.25) is 0 Å². The monoisotopic (exact) mass is 363 g/mol. The smallest absolute Gasteiger partial charge is 0.223 e. The van der Waals surface area contributed by atoms with Crippen LogP contribution in [0.25, 0.3) is 11.3 Å². The van der Waals surface area contributed by atoms with Crippen LogP contribution in [-0.2, 0) is 0 Å². The molecule has 3 rings (SSSR count). The zero-order valence-electron chi connectivity index (χ0n) is 14.9. The normalized spacial score (nSPS) is 13.0. The molecule has 2 heterocycles. The molecule has 0 saturated carbocycles. The SMILES string of the molecule is CCCC(C)Nc1nccc(C(C#N)c2nc(-c3ccccc3)cs2)n1. The molecule has 0 aliphatic rings. The number of hydrogen-bond donors (Lipinski definition) is 1. The van der Waals surface area contributed by atoms with Gasteiger partial charge in [0.2, 0.25) is 5.95 Å². The molecule has 26 heavy (non-hydrogen) atoms. The molecular formula is C20H21N5S. The average Bonchev–Trinajstić information content (AvgIpc) is 3.13. The van der Waals surface area contributed by atoms with Gasteiger partial charge >= 0.3 is 0 Å². The minimum absolute atomic E-state index is 0.292. The lowest BCUT2D eigenvalue weighted by atomic mass is 10.1. The van der Waals surface area contributed by atoms with Gasteiger partial charge in [0.25, 0.3) is 0 Å². The minimum Gasteiger partial charge on any atom is -0.352 e. The molecule has 0 aliphatic heterocycles. The minimum atomic E-state index is -0.498. The Morgan fingerprint density at radius 2 is 2.00 bits per heavy atom. The van der Waals surface area contributed by atoms with Crippen LogP contribution in [0.4, 0.5) is 5.95 Å². The van der Waals surface area contributed by atoms with E-state index in [1.807, 2.05) is 35.7 Å². The van der Waals surface area contributed by atoms with Gasteiger partial charge in [0.05, 0.1) is 17.5 Å². The van der Waals surface area contributed by atoms with Crippen molar-refractivity contribution in [1.82, 2.24) is 15.0 Å². The Labute approximate surface area is 157 Å². The van der Waals surface area contributed by atoms with Crippen LogP contribution in [-0.4, -0.2) is 21.0 Å². The zero-order valence-corrected chi connectivity index (χ0v) is 15.7. The van der Waals surface area contributed by atoms with Gasteiger partial charge in [-0.25, -0.2) is 15.0 Å². The van der Waals surface area contributed by atoms with E-state index in [-0.39, 0.29) is 0 Å². The largest absolute Gasteiger partial charge is 0.352 e. The van der Waals surface area contributed by atoms with Gasteiger partial charge in [0, 0.05) is 23.2 Å². The molecule has 3 aromatic rings. The number of nitrogens with zero attached hydrogens (tertiary/aromatic N) is 4. The summed E-state index contributed by atoms with van der Waals surface area (Å²) in [6, 6.07) is 14.4. The second-order valence-corrected chi connectivity index (χ2v) is 7.03. The molecule has 0 amide bonds. The maximum Gasteiger partial charge on any atom is 0.223 e. The quantitative estimate of drug-likeness (QED) is 0.649. The first-order valence-electron chi connectivity index (χ1n) is 8.71. The van der Waals surface area contributed by atoms with Crippen LogP contribution in [0.1, 0.15) is 43.3 Å². The Kier molecular flexibility index (Phi) is 5.92. The van der Waals surface area contributed by atoms with Crippen molar-refractivity contribution in [3.63, 3.8) is 0 Å². The third kappa shape index (κ3) is 4.24. The van der Waals surface area contributed by atoms with E-state index in [1.165, 1.54) is 11.3 Å². The lowest BCUT2D eigenvalue weighted by Crippen LogP contribution is -2.17. The van der Waals surface area contributed by atoms with E-state index in [9.17, 15) is 5.26 Å². The molecule has 1 N–H and O–H groups in total. The van der Waals surface area contributed by atoms with Gasteiger partial charge in [-0.1, -0.05) is 43.7 Å². The number of thiazole rings is 1. The molecule has 0 bridgehead atoms. The molecular weight excluding hydrogens is 342 g/mol. The summed E-state index contributed by atoms with van der Waals surface area (Å²) in [7, 11) is 0. The second-order valence-electron chi connectivity index (χ2n) is 6.14. The van der Waals surface area contributed by atoms with Crippen molar-refractivity contribution >= 4 is 17.3 Å². The van der Waals surface area contributed by atoms with Crippen molar-refractivity contribution in [2.45, 2.75) is 38.6 Å². The molecule has 2 aromatic heterocycles. The topological polar surface area (TPSA) is 74.5 Å². The Hall–Kier alpha value is -2.78. The van der Waals surface area contributed by atoms with Crippen LogP contribution < -0.4 is 5.32 Å². The number of hydrogen-bond acceptors (Lipinski definition) is 6. The van der Waals surface area contributed by atoms with Gasteiger partial charge < -0.3 is 5.32 Å². The Morgan fingerprint density at radius 1 is 1.19 bits per heavy atom. The average molecular weight is 363 g/mol. The molecule has 132 valence electrons. The molecule has 1 aromatic carbocycles. The van der Waals surface area contributed by atoms with Gasteiger partial charge in [-0.2, -0.15) is 5.26 Å². The highest BCUT2D eigenvalue weighted by Crippen LogP contribution is 2.29. The predicted octanol–water partition coefficient (Wildman–Crippen LogP) is 4.86. The summed E-state index contributed by atoms with van der Waals surface area (Å²) in [6.07, 6.45) is 3.83. The fourth-order valence-corrected chi connectivity index (χ4v) is 3.62. The van der Waals surface area contributed by atoms with Crippen molar-refractivity contribution in [1.29, 1.82) is 5.26 Å². The third-order valence-electron chi connectivity index (χ3n) is 4.04. The van der Waals surface area contributed by atoms with Crippen LogP contribution in [0.5, 0.6) is 0 Å². The number of anilines is 1. The summed E-state index contributed by atoms with van der Waals surface area (Å²) in [6.45, 7) is 4.25. The maximum atomic E-state index is 9.71. The van der Waals surface area contributed by atoms with E-state index in [4.69, 9.17) is 0 Å². The first kappa shape index (κ1) is 18.0. The van der Waals surface area contributed by atoms with Gasteiger partial charge in [-0.3, -0.25) is 0 Å². The van der Waals surface area contributed by atoms with E-state index < -0.39 is 5.92 Å². The highest BCUT2D eigenvalue weighted by atomic mass is 32.1. The Balaban J connectivity index is 1.84. The van der Waals surface area contributed by atoms with Crippen molar-refractivity contribution in [2.24, 2.45) is 0 Å².